The molecule has 0 amide bonds. The Bertz CT molecular complexity index is 342. The molecule has 1 unspecified atom stereocenters. The maximum atomic E-state index is 3.79. The molecule has 2 rings (SSSR count). The highest BCUT2D eigenvalue weighted by Crippen LogP contribution is 2.37. The third kappa shape index (κ3) is 4.07. The van der Waals surface area contributed by atoms with Gasteiger partial charge in [-0.1, -0.05) is 32.6 Å². The Morgan fingerprint density at radius 1 is 1.33 bits per heavy atom. The number of nitrogens with one attached hydrogen (secondary N) is 1. The van der Waals surface area contributed by atoms with Gasteiger partial charge in [-0.25, -0.2) is 0 Å². The van der Waals surface area contributed by atoms with Gasteiger partial charge in [0.15, 0.2) is 0 Å². The van der Waals surface area contributed by atoms with Crippen molar-refractivity contribution in [2.24, 2.45) is 5.92 Å². The number of hydrogen-bond acceptors (Lipinski definition) is 2. The van der Waals surface area contributed by atoms with Crippen LogP contribution in [0.15, 0.2) is 15.9 Å². The lowest BCUT2D eigenvalue weighted by atomic mass is 9.90. The van der Waals surface area contributed by atoms with Crippen molar-refractivity contribution in [1.82, 2.24) is 5.32 Å². The van der Waals surface area contributed by atoms with Gasteiger partial charge >= 0.3 is 0 Å². The number of rotatable bonds is 5. The monoisotopic (exact) mass is 329 g/mol. The fraction of sp³-hybridized carbons (Fsp3) is 0.733. The highest BCUT2D eigenvalue weighted by Gasteiger charge is 2.24. The highest BCUT2D eigenvalue weighted by atomic mass is 79.9. The summed E-state index contributed by atoms with van der Waals surface area (Å²) in [5.74, 6) is 0.838. The topological polar surface area (TPSA) is 12.0 Å². The second-order valence-corrected chi connectivity index (χ2v) is 7.21. The second-order valence-electron chi connectivity index (χ2n) is 5.35. The average Bonchev–Trinajstić information content (AvgIpc) is 2.65. The van der Waals surface area contributed by atoms with E-state index in [1.54, 1.807) is 0 Å². The van der Waals surface area contributed by atoms with E-state index in [2.05, 4.69) is 39.6 Å². The molecular formula is C15H24BrNS. The lowest BCUT2D eigenvalue weighted by molar-refractivity contribution is 0.330. The number of hydrogen-bond donors (Lipinski definition) is 1. The molecule has 0 aromatic carbocycles. The van der Waals surface area contributed by atoms with Gasteiger partial charge in [0.2, 0.25) is 0 Å². The number of halogens is 1. The first-order chi connectivity index (χ1) is 8.81. The van der Waals surface area contributed by atoms with Gasteiger partial charge in [-0.2, -0.15) is 0 Å². The normalized spacial score (nSPS) is 19.7. The van der Waals surface area contributed by atoms with Crippen molar-refractivity contribution in [3.05, 3.63) is 20.8 Å². The van der Waals surface area contributed by atoms with Crippen LogP contribution in [0.1, 0.15) is 62.8 Å². The van der Waals surface area contributed by atoms with Crippen LogP contribution in [-0.2, 0) is 0 Å². The maximum Gasteiger partial charge on any atom is 0.0443 e. The largest absolute Gasteiger partial charge is 0.309 e. The fourth-order valence-corrected chi connectivity index (χ4v) is 4.55. The van der Waals surface area contributed by atoms with Crippen LogP contribution in [0.5, 0.6) is 0 Å². The van der Waals surface area contributed by atoms with E-state index in [4.69, 9.17) is 0 Å². The van der Waals surface area contributed by atoms with Crippen LogP contribution in [0, 0.1) is 5.92 Å². The average molecular weight is 330 g/mol. The van der Waals surface area contributed by atoms with Gasteiger partial charge in [0.25, 0.3) is 0 Å². The van der Waals surface area contributed by atoms with Gasteiger partial charge in [-0.15, -0.1) is 11.3 Å². The summed E-state index contributed by atoms with van der Waals surface area (Å²) in [5.41, 5.74) is 0. The minimum atomic E-state index is 0.583. The van der Waals surface area contributed by atoms with E-state index in [0.29, 0.717) is 6.04 Å². The molecule has 0 radical (unpaired) electrons. The minimum Gasteiger partial charge on any atom is -0.309 e. The van der Waals surface area contributed by atoms with Crippen LogP contribution in [0.4, 0.5) is 0 Å². The van der Waals surface area contributed by atoms with E-state index >= 15 is 0 Å². The Kier molecular flexibility index (Phi) is 6.19. The molecule has 1 N–H and O–H groups in total. The second kappa shape index (κ2) is 7.66. The molecule has 3 heteroatoms. The standard InChI is InChI=1S/C15H24BrNS/c1-2-9-17-15(14-10-13(16)11-18-14)12-7-5-3-4-6-8-12/h10-12,15,17H,2-9H2,1H3. The molecule has 1 aliphatic rings. The molecule has 18 heavy (non-hydrogen) atoms. The molecule has 0 aliphatic heterocycles. The van der Waals surface area contributed by atoms with Crippen LogP contribution in [0.25, 0.3) is 0 Å². The zero-order chi connectivity index (χ0) is 12.8. The molecule has 1 saturated carbocycles. The molecule has 1 fully saturated rings. The maximum absolute atomic E-state index is 3.79. The lowest BCUT2D eigenvalue weighted by Crippen LogP contribution is -2.28. The van der Waals surface area contributed by atoms with Crippen molar-refractivity contribution < 1.29 is 0 Å². The van der Waals surface area contributed by atoms with Crippen LogP contribution in [-0.4, -0.2) is 6.54 Å². The van der Waals surface area contributed by atoms with E-state index in [9.17, 15) is 0 Å². The van der Waals surface area contributed by atoms with Crippen LogP contribution in [0.3, 0.4) is 0 Å². The lowest BCUT2D eigenvalue weighted by Gasteiger charge is -2.26. The third-order valence-corrected chi connectivity index (χ3v) is 5.66. The summed E-state index contributed by atoms with van der Waals surface area (Å²) in [7, 11) is 0. The number of thiophene rings is 1. The summed E-state index contributed by atoms with van der Waals surface area (Å²) < 4.78 is 1.24. The zero-order valence-corrected chi connectivity index (χ0v) is 13.7. The van der Waals surface area contributed by atoms with E-state index in [1.807, 2.05) is 11.3 Å². The van der Waals surface area contributed by atoms with Crippen molar-refractivity contribution in [2.45, 2.75) is 57.9 Å². The van der Waals surface area contributed by atoms with Gasteiger partial charge in [-0.3, -0.25) is 0 Å². The highest BCUT2D eigenvalue weighted by molar-refractivity contribution is 9.10. The molecule has 0 spiro atoms. The summed E-state index contributed by atoms with van der Waals surface area (Å²) in [4.78, 5) is 1.52. The molecule has 102 valence electrons. The van der Waals surface area contributed by atoms with Crippen LogP contribution >= 0.6 is 27.3 Å². The summed E-state index contributed by atoms with van der Waals surface area (Å²) in [6.45, 7) is 3.39. The molecule has 1 nitrogen and oxygen atoms in total. The van der Waals surface area contributed by atoms with Crippen LogP contribution in [0.2, 0.25) is 0 Å². The zero-order valence-electron chi connectivity index (χ0n) is 11.3. The first kappa shape index (κ1) is 14.5. The Balaban J connectivity index is 2.07. The SMILES string of the molecule is CCCNC(c1cc(Br)cs1)C1CCCCCC1. The van der Waals surface area contributed by atoms with E-state index in [-0.39, 0.29) is 0 Å². The Morgan fingerprint density at radius 2 is 2.06 bits per heavy atom. The quantitative estimate of drug-likeness (QED) is 0.701. The minimum absolute atomic E-state index is 0.583. The van der Waals surface area contributed by atoms with Crippen molar-refractivity contribution in [2.75, 3.05) is 6.54 Å². The summed E-state index contributed by atoms with van der Waals surface area (Å²) in [6, 6.07) is 2.89. The molecule has 1 aliphatic carbocycles. The van der Waals surface area contributed by atoms with Gasteiger partial charge in [0.05, 0.1) is 0 Å². The third-order valence-electron chi connectivity index (χ3n) is 3.88. The molecule has 0 bridgehead atoms. The molecule has 1 atom stereocenters. The van der Waals surface area contributed by atoms with Gasteiger partial charge < -0.3 is 5.32 Å². The first-order valence-electron chi connectivity index (χ1n) is 7.28. The smallest absolute Gasteiger partial charge is 0.0443 e. The Hall–Kier alpha value is 0.140. The van der Waals surface area contributed by atoms with Gasteiger partial charge in [0.1, 0.15) is 0 Å². The summed E-state index contributed by atoms with van der Waals surface area (Å²) in [5, 5.41) is 6.00. The Morgan fingerprint density at radius 3 is 2.61 bits per heavy atom. The van der Waals surface area contributed by atoms with E-state index < -0.39 is 0 Å². The van der Waals surface area contributed by atoms with Crippen molar-refractivity contribution in [1.29, 1.82) is 0 Å². The van der Waals surface area contributed by atoms with Gasteiger partial charge in [-0.05, 0) is 53.7 Å². The molecular weight excluding hydrogens is 306 g/mol. The molecule has 1 aromatic rings. The summed E-state index contributed by atoms with van der Waals surface area (Å²) >= 11 is 5.49. The van der Waals surface area contributed by atoms with Crippen LogP contribution < -0.4 is 5.32 Å². The van der Waals surface area contributed by atoms with Crippen molar-refractivity contribution in [3.63, 3.8) is 0 Å². The molecule has 1 aromatic heterocycles. The molecule has 0 saturated heterocycles. The summed E-state index contributed by atoms with van der Waals surface area (Å²) in [6.07, 6.45) is 9.73. The van der Waals surface area contributed by atoms with E-state index in [0.717, 1.165) is 12.5 Å². The predicted molar refractivity (Wildman–Crippen MR) is 84.2 cm³/mol. The van der Waals surface area contributed by atoms with Crippen molar-refractivity contribution in [3.8, 4) is 0 Å². The van der Waals surface area contributed by atoms with Crippen molar-refractivity contribution >= 4 is 27.3 Å². The predicted octanol–water partition coefficient (Wildman–Crippen LogP) is 5.52. The first-order valence-corrected chi connectivity index (χ1v) is 8.96. The fourth-order valence-electron chi connectivity index (χ4n) is 2.94. The van der Waals surface area contributed by atoms with E-state index in [1.165, 1.54) is 54.3 Å². The van der Waals surface area contributed by atoms with Gasteiger partial charge in [0, 0.05) is 20.8 Å². The Labute approximate surface area is 123 Å². The molecule has 1 heterocycles.